The van der Waals surface area contributed by atoms with Crippen molar-refractivity contribution in [3.63, 3.8) is 0 Å². The molecule has 0 atom stereocenters. The van der Waals surface area contributed by atoms with Crippen LogP contribution in [0.3, 0.4) is 0 Å². The van der Waals surface area contributed by atoms with Crippen molar-refractivity contribution in [3.8, 4) is 66.8 Å². The molecule has 0 heterocycles. The van der Waals surface area contributed by atoms with Crippen molar-refractivity contribution in [1.82, 2.24) is 0 Å². The van der Waals surface area contributed by atoms with Crippen LogP contribution in [0.2, 0.25) is 0 Å². The van der Waals surface area contributed by atoms with Crippen molar-refractivity contribution < 1.29 is 0 Å². The molecule has 0 fully saturated rings. The minimum absolute atomic E-state index is 1.21. The molecule has 0 radical (unpaired) electrons. The summed E-state index contributed by atoms with van der Waals surface area (Å²) in [7, 11) is 0. The molecule has 0 amide bonds. The molecular formula is C42H30. The summed E-state index contributed by atoms with van der Waals surface area (Å²) in [6.45, 7) is 0. The Morgan fingerprint density at radius 1 is 0.143 bits per heavy atom. The van der Waals surface area contributed by atoms with Crippen molar-refractivity contribution in [2.45, 2.75) is 0 Å². The van der Waals surface area contributed by atoms with Crippen molar-refractivity contribution in [2.75, 3.05) is 0 Å². The minimum Gasteiger partial charge on any atom is -0.0622 e. The van der Waals surface area contributed by atoms with Gasteiger partial charge in [0.15, 0.2) is 0 Å². The Morgan fingerprint density at radius 2 is 0.310 bits per heavy atom. The number of hydrogen-bond acceptors (Lipinski definition) is 0. The molecule has 7 rings (SSSR count). The van der Waals surface area contributed by atoms with Crippen molar-refractivity contribution in [3.05, 3.63) is 182 Å². The van der Waals surface area contributed by atoms with Crippen molar-refractivity contribution >= 4 is 0 Å². The topological polar surface area (TPSA) is 0 Å². The zero-order valence-electron chi connectivity index (χ0n) is 23.3. The van der Waals surface area contributed by atoms with Crippen LogP contribution < -0.4 is 0 Å². The molecule has 0 spiro atoms. The second-order valence-corrected chi connectivity index (χ2v) is 10.6. The average molecular weight is 535 g/mol. The fraction of sp³-hybridized carbons (Fsp3) is 0. The first kappa shape index (κ1) is 25.5. The fourth-order valence-electron chi connectivity index (χ4n) is 5.65. The Balaban J connectivity index is 1.19. The Bertz CT molecular complexity index is 1820. The summed E-state index contributed by atoms with van der Waals surface area (Å²) >= 11 is 0. The van der Waals surface area contributed by atoms with Crippen LogP contribution in [0.25, 0.3) is 66.8 Å². The summed E-state index contributed by atoms with van der Waals surface area (Å²) < 4.78 is 0. The third-order valence-corrected chi connectivity index (χ3v) is 7.86. The highest BCUT2D eigenvalue weighted by molar-refractivity contribution is 5.81. The zero-order chi connectivity index (χ0) is 28.1. The van der Waals surface area contributed by atoms with E-state index in [0.29, 0.717) is 0 Å². The second kappa shape index (κ2) is 11.6. The molecule has 0 aliphatic heterocycles. The lowest BCUT2D eigenvalue weighted by molar-refractivity contribution is 1.56. The molecule has 0 heteroatoms. The maximum Gasteiger partial charge on any atom is -0.0178 e. The minimum atomic E-state index is 1.21. The highest BCUT2D eigenvalue weighted by atomic mass is 14.1. The molecular weight excluding hydrogens is 504 g/mol. The summed E-state index contributed by atoms with van der Waals surface area (Å²) in [5.41, 5.74) is 14.7. The van der Waals surface area contributed by atoms with Gasteiger partial charge in [-0.3, -0.25) is 0 Å². The molecule has 198 valence electrons. The lowest BCUT2D eigenvalue weighted by Crippen LogP contribution is -1.86. The van der Waals surface area contributed by atoms with Gasteiger partial charge in [-0.2, -0.15) is 0 Å². The van der Waals surface area contributed by atoms with E-state index in [4.69, 9.17) is 0 Å². The van der Waals surface area contributed by atoms with Gasteiger partial charge in [-0.1, -0.05) is 152 Å². The monoisotopic (exact) mass is 534 g/mol. The lowest BCUT2D eigenvalue weighted by atomic mass is 9.93. The summed E-state index contributed by atoms with van der Waals surface area (Å²) in [6, 6.07) is 65.3. The molecule has 7 aromatic carbocycles. The second-order valence-electron chi connectivity index (χ2n) is 10.6. The van der Waals surface area contributed by atoms with E-state index in [9.17, 15) is 0 Å². The van der Waals surface area contributed by atoms with Gasteiger partial charge in [0.1, 0.15) is 0 Å². The molecule has 0 aromatic heterocycles. The molecule has 7 aromatic rings. The smallest absolute Gasteiger partial charge is 0.0178 e. The molecule has 0 saturated heterocycles. The van der Waals surface area contributed by atoms with Crippen LogP contribution in [-0.2, 0) is 0 Å². The van der Waals surface area contributed by atoms with E-state index >= 15 is 0 Å². The Morgan fingerprint density at radius 3 is 0.524 bits per heavy atom. The van der Waals surface area contributed by atoms with Gasteiger partial charge < -0.3 is 0 Å². The van der Waals surface area contributed by atoms with Gasteiger partial charge in [-0.15, -0.1) is 0 Å². The van der Waals surface area contributed by atoms with Crippen molar-refractivity contribution in [1.29, 1.82) is 0 Å². The molecule has 0 unspecified atom stereocenters. The van der Waals surface area contributed by atoms with Crippen molar-refractivity contribution in [2.24, 2.45) is 0 Å². The van der Waals surface area contributed by atoms with Gasteiger partial charge in [0, 0.05) is 0 Å². The molecule has 42 heavy (non-hydrogen) atoms. The number of hydrogen-bond donors (Lipinski definition) is 0. The van der Waals surface area contributed by atoms with Gasteiger partial charge in [0.05, 0.1) is 0 Å². The van der Waals surface area contributed by atoms with Crippen LogP contribution in [0.15, 0.2) is 182 Å². The van der Waals surface area contributed by atoms with E-state index in [2.05, 4.69) is 182 Å². The SMILES string of the molecule is c1ccc(-c2cccc(-c3cccc(-c4cccc(-c5cccc(-c6cccc(-c7ccccc7)c6)c5)c4)c3)c2)cc1. The van der Waals surface area contributed by atoms with Gasteiger partial charge in [-0.05, 0) is 97.1 Å². The molecule has 0 N–H and O–H groups in total. The highest BCUT2D eigenvalue weighted by Crippen LogP contribution is 2.33. The van der Waals surface area contributed by atoms with E-state index in [-0.39, 0.29) is 0 Å². The quantitative estimate of drug-likeness (QED) is 0.199. The first-order valence-corrected chi connectivity index (χ1v) is 14.4. The normalized spacial score (nSPS) is 10.9. The molecule has 0 aliphatic rings. The molecule has 0 bridgehead atoms. The molecule has 0 saturated carbocycles. The van der Waals surface area contributed by atoms with Crippen LogP contribution in [-0.4, -0.2) is 0 Å². The molecule has 0 nitrogen and oxygen atoms in total. The summed E-state index contributed by atoms with van der Waals surface area (Å²) in [5.74, 6) is 0. The summed E-state index contributed by atoms with van der Waals surface area (Å²) in [5, 5.41) is 0. The standard InChI is InChI=1S/C42H30/c1-3-12-31(13-4-1)33-16-7-18-35(26-33)37-20-9-22-39(28-37)41-24-11-25-42(30-41)40-23-10-21-38(29-40)36-19-8-17-34(27-36)32-14-5-2-6-15-32/h1-30H. The number of benzene rings is 7. The first-order chi connectivity index (χ1) is 20.8. The van der Waals surface area contributed by atoms with E-state index in [0.717, 1.165) is 0 Å². The summed E-state index contributed by atoms with van der Waals surface area (Å²) in [6.07, 6.45) is 0. The maximum absolute atomic E-state index is 2.30. The maximum atomic E-state index is 2.30. The van der Waals surface area contributed by atoms with E-state index in [1.54, 1.807) is 0 Å². The van der Waals surface area contributed by atoms with Crippen LogP contribution >= 0.6 is 0 Å². The largest absolute Gasteiger partial charge is 0.0622 e. The van der Waals surface area contributed by atoms with Crippen LogP contribution in [0.1, 0.15) is 0 Å². The number of rotatable bonds is 6. The van der Waals surface area contributed by atoms with Gasteiger partial charge in [0.2, 0.25) is 0 Å². The fourth-order valence-corrected chi connectivity index (χ4v) is 5.65. The predicted molar refractivity (Wildman–Crippen MR) is 179 cm³/mol. The Hall–Kier alpha value is -5.46. The average Bonchev–Trinajstić information content (AvgIpc) is 3.09. The zero-order valence-corrected chi connectivity index (χ0v) is 23.3. The first-order valence-electron chi connectivity index (χ1n) is 14.4. The van der Waals surface area contributed by atoms with E-state index in [1.165, 1.54) is 66.8 Å². The van der Waals surface area contributed by atoms with Gasteiger partial charge in [0.25, 0.3) is 0 Å². The molecule has 0 aliphatic carbocycles. The van der Waals surface area contributed by atoms with Gasteiger partial charge in [-0.25, -0.2) is 0 Å². The Kier molecular flexibility index (Phi) is 7.02. The Labute approximate surface area is 248 Å². The van der Waals surface area contributed by atoms with E-state index in [1.807, 2.05) is 0 Å². The van der Waals surface area contributed by atoms with Crippen LogP contribution in [0, 0.1) is 0 Å². The van der Waals surface area contributed by atoms with E-state index < -0.39 is 0 Å². The van der Waals surface area contributed by atoms with Crippen LogP contribution in [0.4, 0.5) is 0 Å². The third-order valence-electron chi connectivity index (χ3n) is 7.86. The third kappa shape index (κ3) is 5.44. The van der Waals surface area contributed by atoms with Gasteiger partial charge >= 0.3 is 0 Å². The lowest BCUT2D eigenvalue weighted by Gasteiger charge is -2.11. The predicted octanol–water partition coefficient (Wildman–Crippen LogP) is 11.7. The van der Waals surface area contributed by atoms with Crippen LogP contribution in [0.5, 0.6) is 0 Å². The highest BCUT2D eigenvalue weighted by Gasteiger charge is 2.08. The summed E-state index contributed by atoms with van der Waals surface area (Å²) in [4.78, 5) is 0.